The molecule has 0 aliphatic heterocycles. The summed E-state index contributed by atoms with van der Waals surface area (Å²) in [7, 11) is 0. The van der Waals surface area contributed by atoms with Crippen molar-refractivity contribution in [3.8, 4) is 27.9 Å². The van der Waals surface area contributed by atoms with Gasteiger partial charge in [-0.1, -0.05) is 146 Å². The molecule has 0 saturated heterocycles. The maximum absolute atomic E-state index is 3.83. The number of thiophene rings is 2. The molecule has 11 aromatic rings. The van der Waals surface area contributed by atoms with Crippen LogP contribution in [-0.2, 0) is 0 Å². The second-order valence-corrected chi connectivity index (χ2v) is 15.9. The third-order valence-corrected chi connectivity index (χ3v) is 12.9. The summed E-state index contributed by atoms with van der Waals surface area (Å²) in [4.78, 5) is 0. The highest BCUT2D eigenvalue weighted by atomic mass is 32.1. The first-order valence-electron chi connectivity index (χ1n) is 18.3. The minimum absolute atomic E-state index is 1.12. The second-order valence-electron chi connectivity index (χ2n) is 13.8. The summed E-state index contributed by atoms with van der Waals surface area (Å²) in [5.74, 6) is 0. The molecule has 0 fully saturated rings. The molecule has 3 aromatic heterocycles. The minimum Gasteiger partial charge on any atom is -0.309 e. The Hall–Kier alpha value is -6.26. The van der Waals surface area contributed by atoms with Crippen molar-refractivity contribution in [2.45, 2.75) is 6.92 Å². The van der Waals surface area contributed by atoms with Crippen LogP contribution in [0.3, 0.4) is 0 Å². The highest BCUT2D eigenvalue weighted by Crippen LogP contribution is 2.44. The molecule has 0 amide bonds. The number of aromatic nitrogens is 1. The quantitative estimate of drug-likeness (QED) is 0.170. The fourth-order valence-electron chi connectivity index (χ4n) is 7.89. The molecule has 0 bridgehead atoms. The van der Waals surface area contributed by atoms with Gasteiger partial charge < -0.3 is 4.57 Å². The second kappa shape index (κ2) is 13.3. The maximum atomic E-state index is 3.83. The predicted octanol–water partition coefficient (Wildman–Crippen LogP) is 15.6. The molecule has 11 rings (SSSR count). The van der Waals surface area contributed by atoms with Gasteiger partial charge in [0.25, 0.3) is 0 Å². The normalized spacial score (nSPS) is 11.5. The summed E-state index contributed by atoms with van der Waals surface area (Å²) in [5.41, 5.74) is 11.1. The highest BCUT2D eigenvalue weighted by Gasteiger charge is 2.17. The van der Waals surface area contributed by atoms with Crippen molar-refractivity contribution in [3.63, 3.8) is 0 Å². The number of hydrogen-bond acceptors (Lipinski definition) is 2. The van der Waals surface area contributed by atoms with E-state index in [2.05, 4.69) is 175 Å². The van der Waals surface area contributed by atoms with Crippen LogP contribution in [0.4, 0.5) is 0 Å². The van der Waals surface area contributed by atoms with E-state index in [9.17, 15) is 0 Å². The molecular weight excluding hydrogens is 691 g/mol. The van der Waals surface area contributed by atoms with Gasteiger partial charge in [0.15, 0.2) is 0 Å². The monoisotopic (exact) mass is 725 g/mol. The average Bonchev–Trinajstić information content (AvgIpc) is 3.91. The zero-order valence-electron chi connectivity index (χ0n) is 29.8. The molecule has 0 saturated carbocycles. The van der Waals surface area contributed by atoms with Gasteiger partial charge in [0, 0.05) is 56.8 Å². The minimum atomic E-state index is 1.12. The third kappa shape index (κ3) is 5.44. The van der Waals surface area contributed by atoms with E-state index < -0.39 is 0 Å². The molecule has 1 nitrogen and oxygen atoms in total. The topological polar surface area (TPSA) is 4.93 Å². The van der Waals surface area contributed by atoms with Gasteiger partial charge in [0.1, 0.15) is 0 Å². The van der Waals surface area contributed by atoms with Crippen LogP contribution in [0.25, 0.3) is 95.7 Å². The van der Waals surface area contributed by atoms with Gasteiger partial charge in [-0.15, -0.1) is 22.7 Å². The van der Waals surface area contributed by atoms with Crippen LogP contribution in [0.2, 0.25) is 0 Å². The Balaban J connectivity index is 0.000000355. The van der Waals surface area contributed by atoms with E-state index in [1.807, 2.05) is 47.8 Å². The Bertz CT molecular complexity index is 3010. The van der Waals surface area contributed by atoms with Crippen LogP contribution in [-0.4, -0.2) is 4.57 Å². The van der Waals surface area contributed by atoms with E-state index >= 15 is 0 Å². The Morgan fingerprint density at radius 1 is 0.426 bits per heavy atom. The van der Waals surface area contributed by atoms with E-state index in [0.717, 1.165) is 5.57 Å². The fraction of sp³-hybridized carbons (Fsp3) is 0.0196. The van der Waals surface area contributed by atoms with E-state index in [4.69, 9.17) is 0 Å². The standard InChI is InChI=1S/C42H25NS2.C9H10/c1-2-10-28(11-3-1)43-37-22-20-26(29-14-8-16-33-31-12-4-6-18-39(31)44-41(29)33)24-35(37)36-25-27(21-23-38(36)43)30-15-9-17-34-32-13-5-7-19-40(32)45-42(30)34;1-8(2)9-6-4-3-5-7-9/h1-25H;3-7H,1H2,2H3. The lowest BCUT2D eigenvalue weighted by Crippen LogP contribution is -1.93. The lowest BCUT2D eigenvalue weighted by Gasteiger charge is -2.09. The molecule has 0 aliphatic carbocycles. The number of fused-ring (bicyclic) bond motifs is 9. The van der Waals surface area contributed by atoms with Crippen molar-refractivity contribution in [1.82, 2.24) is 4.57 Å². The first kappa shape index (κ1) is 32.4. The lowest BCUT2D eigenvalue weighted by molar-refractivity contribution is 1.18. The predicted molar refractivity (Wildman–Crippen MR) is 239 cm³/mol. The number of benzene rings is 8. The van der Waals surface area contributed by atoms with Crippen molar-refractivity contribution in [2.24, 2.45) is 0 Å². The van der Waals surface area contributed by atoms with Crippen molar-refractivity contribution in [2.75, 3.05) is 0 Å². The molecule has 0 unspecified atom stereocenters. The lowest BCUT2D eigenvalue weighted by atomic mass is 9.98. The van der Waals surface area contributed by atoms with E-state index in [1.54, 1.807) is 0 Å². The van der Waals surface area contributed by atoms with Gasteiger partial charge in [-0.2, -0.15) is 0 Å². The molecular formula is C51H35NS2. The van der Waals surface area contributed by atoms with Gasteiger partial charge in [-0.05, 0) is 83.3 Å². The Kier molecular flexibility index (Phi) is 7.98. The maximum Gasteiger partial charge on any atom is 0.0541 e. The number of rotatable bonds is 4. The van der Waals surface area contributed by atoms with E-state index in [1.165, 1.54) is 95.7 Å². The van der Waals surface area contributed by atoms with Crippen molar-refractivity contribution < 1.29 is 0 Å². The van der Waals surface area contributed by atoms with E-state index in [0.29, 0.717) is 0 Å². The van der Waals surface area contributed by atoms with Crippen LogP contribution in [0.15, 0.2) is 189 Å². The highest BCUT2D eigenvalue weighted by molar-refractivity contribution is 7.26. The average molecular weight is 726 g/mol. The Morgan fingerprint density at radius 3 is 1.35 bits per heavy atom. The fourth-order valence-corrected chi connectivity index (χ4v) is 10.4. The summed E-state index contributed by atoms with van der Waals surface area (Å²) >= 11 is 3.79. The molecule has 8 aromatic carbocycles. The number of nitrogens with zero attached hydrogens (tertiary/aromatic N) is 1. The summed E-state index contributed by atoms with van der Waals surface area (Å²) < 4.78 is 7.78. The van der Waals surface area contributed by atoms with Crippen molar-refractivity contribution >= 4 is 90.4 Å². The third-order valence-electron chi connectivity index (χ3n) is 10.5. The molecule has 3 heterocycles. The van der Waals surface area contributed by atoms with Gasteiger partial charge in [-0.3, -0.25) is 0 Å². The Labute approximate surface area is 322 Å². The number of para-hydroxylation sites is 1. The first-order valence-corrected chi connectivity index (χ1v) is 19.9. The van der Waals surface area contributed by atoms with Gasteiger partial charge in [-0.25, -0.2) is 0 Å². The molecule has 0 atom stereocenters. The van der Waals surface area contributed by atoms with Crippen molar-refractivity contribution in [1.29, 1.82) is 0 Å². The number of allylic oxidation sites excluding steroid dienone is 1. The smallest absolute Gasteiger partial charge is 0.0541 e. The largest absolute Gasteiger partial charge is 0.309 e. The summed E-state index contributed by atoms with van der Waals surface area (Å²) in [5, 5.41) is 7.88. The summed E-state index contributed by atoms with van der Waals surface area (Å²) in [6.07, 6.45) is 0. The zero-order chi connectivity index (χ0) is 36.2. The van der Waals surface area contributed by atoms with Gasteiger partial charge >= 0.3 is 0 Å². The summed E-state index contributed by atoms with van der Waals surface area (Å²) in [6.45, 7) is 5.83. The Morgan fingerprint density at radius 2 is 0.870 bits per heavy atom. The SMILES string of the molecule is C=C(C)c1ccccc1.c1ccc(-n2c3ccc(-c4cccc5c4sc4ccccc45)cc3c3cc(-c4cccc5c4sc4ccccc45)ccc32)cc1. The molecule has 0 radical (unpaired) electrons. The van der Waals surface area contributed by atoms with Crippen LogP contribution in [0, 0.1) is 0 Å². The van der Waals surface area contributed by atoms with Crippen LogP contribution >= 0.6 is 22.7 Å². The van der Waals surface area contributed by atoms with Crippen LogP contribution in [0.5, 0.6) is 0 Å². The molecule has 0 N–H and O–H groups in total. The molecule has 54 heavy (non-hydrogen) atoms. The molecule has 0 spiro atoms. The van der Waals surface area contributed by atoms with Crippen LogP contribution < -0.4 is 0 Å². The van der Waals surface area contributed by atoms with Gasteiger partial charge in [0.2, 0.25) is 0 Å². The first-order chi connectivity index (χ1) is 26.6. The van der Waals surface area contributed by atoms with Crippen molar-refractivity contribution in [3.05, 3.63) is 194 Å². The molecule has 3 heteroatoms. The van der Waals surface area contributed by atoms with Crippen LogP contribution in [0.1, 0.15) is 12.5 Å². The summed E-state index contributed by atoms with van der Waals surface area (Å²) in [6, 6.07) is 66.0. The molecule has 256 valence electrons. The van der Waals surface area contributed by atoms with Gasteiger partial charge in [0.05, 0.1) is 11.0 Å². The van der Waals surface area contributed by atoms with E-state index in [-0.39, 0.29) is 0 Å². The zero-order valence-corrected chi connectivity index (χ0v) is 31.4. The molecule has 0 aliphatic rings. The number of hydrogen-bond donors (Lipinski definition) is 0.